The third-order valence-corrected chi connectivity index (χ3v) is 2.70. The van der Waals surface area contributed by atoms with Crippen LogP contribution in [0.15, 0.2) is 0 Å². The van der Waals surface area contributed by atoms with Gasteiger partial charge in [0.05, 0.1) is 6.61 Å². The smallest absolute Gasteiger partial charge is 0.220 e. The Balaban J connectivity index is 2.16. The molecule has 88 valence electrons. The Bertz CT molecular complexity index is 191. The minimum absolute atomic E-state index is 0.110. The molecule has 2 atom stereocenters. The van der Waals surface area contributed by atoms with Crippen LogP contribution >= 0.6 is 0 Å². The lowest BCUT2D eigenvalue weighted by molar-refractivity contribution is -0.123. The van der Waals surface area contributed by atoms with Gasteiger partial charge in [-0.2, -0.15) is 0 Å². The van der Waals surface area contributed by atoms with Crippen LogP contribution in [0.1, 0.15) is 26.2 Å². The Hall–Kier alpha value is -0.610. The lowest BCUT2D eigenvalue weighted by atomic mass is 9.96. The summed E-state index contributed by atoms with van der Waals surface area (Å²) in [6.07, 6.45) is 2.99. The van der Waals surface area contributed by atoms with E-state index in [0.29, 0.717) is 18.9 Å². The molecule has 0 radical (unpaired) electrons. The molecule has 0 spiro atoms. The molecule has 4 nitrogen and oxygen atoms in total. The van der Waals surface area contributed by atoms with E-state index < -0.39 is 0 Å². The fourth-order valence-electron chi connectivity index (χ4n) is 1.99. The van der Waals surface area contributed by atoms with Gasteiger partial charge >= 0.3 is 0 Å². The average molecular weight is 214 g/mol. The van der Waals surface area contributed by atoms with Gasteiger partial charge in [0.2, 0.25) is 5.91 Å². The fraction of sp³-hybridized carbons (Fsp3) is 0.909. The van der Waals surface area contributed by atoms with Gasteiger partial charge in [-0.25, -0.2) is 0 Å². The molecule has 0 bridgehead atoms. The number of ether oxygens (including phenoxy) is 1. The van der Waals surface area contributed by atoms with Gasteiger partial charge in [0.1, 0.15) is 0 Å². The van der Waals surface area contributed by atoms with Crippen molar-refractivity contribution >= 4 is 5.91 Å². The number of hydrogen-bond acceptors (Lipinski definition) is 3. The summed E-state index contributed by atoms with van der Waals surface area (Å²) in [5.41, 5.74) is 0. The van der Waals surface area contributed by atoms with Gasteiger partial charge in [-0.3, -0.25) is 4.79 Å². The van der Waals surface area contributed by atoms with E-state index in [1.54, 1.807) is 7.11 Å². The van der Waals surface area contributed by atoms with Gasteiger partial charge < -0.3 is 15.4 Å². The van der Waals surface area contributed by atoms with Crippen LogP contribution in [0.25, 0.3) is 0 Å². The summed E-state index contributed by atoms with van der Waals surface area (Å²) in [4.78, 5) is 11.6. The van der Waals surface area contributed by atoms with Crippen LogP contribution < -0.4 is 10.6 Å². The zero-order valence-electron chi connectivity index (χ0n) is 9.71. The molecule has 1 rings (SSSR count). The van der Waals surface area contributed by atoms with Gasteiger partial charge in [0.15, 0.2) is 0 Å². The second kappa shape index (κ2) is 6.80. The summed E-state index contributed by atoms with van der Waals surface area (Å²) < 4.78 is 4.97. The van der Waals surface area contributed by atoms with E-state index in [1.807, 2.05) is 6.92 Å². The molecule has 2 N–H and O–H groups in total. The second-order valence-electron chi connectivity index (χ2n) is 4.34. The van der Waals surface area contributed by atoms with Crippen molar-refractivity contribution in [3.8, 4) is 0 Å². The largest absolute Gasteiger partial charge is 0.383 e. The van der Waals surface area contributed by atoms with E-state index in [2.05, 4.69) is 10.6 Å². The van der Waals surface area contributed by atoms with Crippen LogP contribution in [0.4, 0.5) is 0 Å². The Labute approximate surface area is 91.8 Å². The topological polar surface area (TPSA) is 50.4 Å². The number of carbonyl (C=O) groups excluding carboxylic acids is 1. The molecule has 0 aromatic carbocycles. The number of hydrogen-bond donors (Lipinski definition) is 2. The minimum Gasteiger partial charge on any atom is -0.383 e. The highest BCUT2D eigenvalue weighted by Crippen LogP contribution is 2.13. The lowest BCUT2D eigenvalue weighted by Crippen LogP contribution is -2.39. The Kier molecular flexibility index (Phi) is 5.65. The van der Waals surface area contributed by atoms with Crippen LogP contribution in [0, 0.1) is 5.92 Å². The molecule has 1 aliphatic heterocycles. The van der Waals surface area contributed by atoms with Gasteiger partial charge in [0.25, 0.3) is 0 Å². The molecule has 0 aromatic rings. The normalized spacial score (nSPS) is 23.5. The monoisotopic (exact) mass is 214 g/mol. The molecule has 0 aromatic heterocycles. The van der Waals surface area contributed by atoms with Gasteiger partial charge in [0, 0.05) is 19.6 Å². The van der Waals surface area contributed by atoms with E-state index in [-0.39, 0.29) is 11.9 Å². The first-order valence-electron chi connectivity index (χ1n) is 5.71. The summed E-state index contributed by atoms with van der Waals surface area (Å²) in [7, 11) is 1.65. The molecule has 2 unspecified atom stereocenters. The molecule has 1 fully saturated rings. The Morgan fingerprint density at radius 3 is 3.07 bits per heavy atom. The van der Waals surface area contributed by atoms with Crippen molar-refractivity contribution < 1.29 is 9.53 Å². The SMILES string of the molecule is COCC(C)NC(=O)CC1CCCNC1. The Morgan fingerprint density at radius 1 is 1.67 bits per heavy atom. The fourth-order valence-corrected chi connectivity index (χ4v) is 1.99. The van der Waals surface area contributed by atoms with E-state index in [4.69, 9.17) is 4.74 Å². The van der Waals surface area contributed by atoms with Gasteiger partial charge in [-0.05, 0) is 38.8 Å². The van der Waals surface area contributed by atoms with E-state index in [1.165, 1.54) is 12.8 Å². The second-order valence-corrected chi connectivity index (χ2v) is 4.34. The quantitative estimate of drug-likeness (QED) is 0.702. The van der Waals surface area contributed by atoms with Crippen molar-refractivity contribution in [1.82, 2.24) is 10.6 Å². The summed E-state index contributed by atoms with van der Waals surface area (Å²) in [6.45, 7) is 4.61. The Morgan fingerprint density at radius 2 is 2.47 bits per heavy atom. The number of piperidine rings is 1. The van der Waals surface area contributed by atoms with Crippen LogP contribution in [0.5, 0.6) is 0 Å². The van der Waals surface area contributed by atoms with Crippen molar-refractivity contribution in [2.75, 3.05) is 26.8 Å². The molecule has 4 heteroatoms. The van der Waals surface area contributed by atoms with E-state index in [9.17, 15) is 4.79 Å². The number of amides is 1. The highest BCUT2D eigenvalue weighted by Gasteiger charge is 2.17. The summed E-state index contributed by atoms with van der Waals surface area (Å²) >= 11 is 0. The molecule has 1 aliphatic rings. The first kappa shape index (κ1) is 12.5. The van der Waals surface area contributed by atoms with Gasteiger partial charge in [-0.15, -0.1) is 0 Å². The third-order valence-electron chi connectivity index (χ3n) is 2.70. The summed E-state index contributed by atoms with van der Waals surface area (Å²) in [6, 6.07) is 0.110. The zero-order chi connectivity index (χ0) is 11.1. The number of methoxy groups -OCH3 is 1. The van der Waals surface area contributed by atoms with Crippen molar-refractivity contribution in [2.24, 2.45) is 5.92 Å². The molecule has 1 heterocycles. The maximum Gasteiger partial charge on any atom is 0.220 e. The first-order valence-corrected chi connectivity index (χ1v) is 5.71. The van der Waals surface area contributed by atoms with E-state index in [0.717, 1.165) is 13.1 Å². The van der Waals surface area contributed by atoms with Crippen molar-refractivity contribution in [2.45, 2.75) is 32.2 Å². The third kappa shape index (κ3) is 5.14. The van der Waals surface area contributed by atoms with Gasteiger partial charge in [-0.1, -0.05) is 0 Å². The number of nitrogens with one attached hydrogen (secondary N) is 2. The lowest BCUT2D eigenvalue weighted by Gasteiger charge is -2.23. The predicted octanol–water partition coefficient (Wildman–Crippen LogP) is 0.527. The minimum atomic E-state index is 0.110. The number of carbonyl (C=O) groups is 1. The molecule has 0 saturated carbocycles. The summed E-state index contributed by atoms with van der Waals surface area (Å²) in [5, 5.41) is 6.25. The van der Waals surface area contributed by atoms with Crippen molar-refractivity contribution in [3.63, 3.8) is 0 Å². The van der Waals surface area contributed by atoms with Crippen LogP contribution in [-0.2, 0) is 9.53 Å². The highest BCUT2D eigenvalue weighted by molar-refractivity contribution is 5.76. The van der Waals surface area contributed by atoms with Crippen molar-refractivity contribution in [1.29, 1.82) is 0 Å². The van der Waals surface area contributed by atoms with E-state index >= 15 is 0 Å². The van der Waals surface area contributed by atoms with Crippen molar-refractivity contribution in [3.05, 3.63) is 0 Å². The molecule has 0 aliphatic carbocycles. The number of rotatable bonds is 5. The van der Waals surface area contributed by atoms with Crippen LogP contribution in [0.3, 0.4) is 0 Å². The summed E-state index contributed by atoms with van der Waals surface area (Å²) in [5.74, 6) is 0.654. The maximum atomic E-state index is 11.6. The zero-order valence-corrected chi connectivity index (χ0v) is 9.71. The highest BCUT2D eigenvalue weighted by atomic mass is 16.5. The average Bonchev–Trinajstić information content (AvgIpc) is 2.19. The maximum absolute atomic E-state index is 11.6. The molecular weight excluding hydrogens is 192 g/mol. The van der Waals surface area contributed by atoms with Crippen LogP contribution in [-0.4, -0.2) is 38.8 Å². The first-order chi connectivity index (χ1) is 7.22. The molecule has 1 saturated heterocycles. The predicted molar refractivity (Wildman–Crippen MR) is 59.7 cm³/mol. The van der Waals surface area contributed by atoms with Crippen LogP contribution in [0.2, 0.25) is 0 Å². The standard InChI is InChI=1S/C11H22N2O2/c1-9(8-15-2)13-11(14)6-10-4-3-5-12-7-10/h9-10,12H,3-8H2,1-2H3,(H,13,14). The molecular formula is C11H22N2O2. The molecule has 1 amide bonds. The molecule has 15 heavy (non-hydrogen) atoms.